The Morgan fingerprint density at radius 3 is 2.78 bits per heavy atom. The molecule has 0 saturated carbocycles. The molecule has 0 radical (unpaired) electrons. The number of fused-ring (bicyclic) bond motifs is 1. The number of hydrogen-bond acceptors (Lipinski definition) is 3. The molecule has 3 heteroatoms. The molecule has 2 heterocycles. The number of ether oxygens (including phenoxy) is 1. The molecule has 1 unspecified atom stereocenters. The summed E-state index contributed by atoms with van der Waals surface area (Å²) in [4.78, 5) is 2.47. The highest BCUT2D eigenvalue weighted by Gasteiger charge is 2.28. The van der Waals surface area contributed by atoms with Crippen LogP contribution in [0.5, 0.6) is 5.75 Å². The van der Waals surface area contributed by atoms with Crippen LogP contribution in [0, 0.1) is 13.8 Å². The summed E-state index contributed by atoms with van der Waals surface area (Å²) in [6.07, 6.45) is 0.186. The maximum atomic E-state index is 10.2. The van der Waals surface area contributed by atoms with Crippen molar-refractivity contribution in [1.29, 1.82) is 0 Å². The Bertz CT molecular complexity index is 574. The van der Waals surface area contributed by atoms with Crippen molar-refractivity contribution < 1.29 is 9.84 Å². The highest BCUT2D eigenvalue weighted by Crippen LogP contribution is 2.42. The molecular weight excluding hydrogens is 244 g/mol. The lowest BCUT2D eigenvalue weighted by Gasteiger charge is -2.29. The van der Waals surface area contributed by atoms with Gasteiger partial charge in [0.15, 0.2) is 0 Å². The summed E-state index contributed by atoms with van der Waals surface area (Å²) < 4.78 is 6.01. The van der Waals surface area contributed by atoms with Gasteiger partial charge in [0.1, 0.15) is 11.9 Å². The SMILES string of the molecule is Cc1ccc2c(c1)[C@H](O)CC(c1ccc(C)s1)O2. The van der Waals surface area contributed by atoms with Gasteiger partial charge in [0.25, 0.3) is 0 Å². The smallest absolute Gasteiger partial charge is 0.136 e. The van der Waals surface area contributed by atoms with Crippen molar-refractivity contribution in [3.63, 3.8) is 0 Å². The first kappa shape index (κ1) is 11.8. The molecule has 2 aromatic rings. The molecule has 3 rings (SSSR count). The van der Waals surface area contributed by atoms with Gasteiger partial charge in [-0.3, -0.25) is 0 Å². The van der Waals surface area contributed by atoms with Gasteiger partial charge in [-0.25, -0.2) is 0 Å². The zero-order chi connectivity index (χ0) is 12.7. The van der Waals surface area contributed by atoms with Crippen molar-refractivity contribution in [2.45, 2.75) is 32.5 Å². The van der Waals surface area contributed by atoms with Gasteiger partial charge in [0, 0.05) is 21.7 Å². The van der Waals surface area contributed by atoms with E-state index in [1.807, 2.05) is 25.1 Å². The number of aliphatic hydroxyl groups is 1. The minimum Gasteiger partial charge on any atom is -0.484 e. The van der Waals surface area contributed by atoms with E-state index in [1.165, 1.54) is 9.75 Å². The molecule has 18 heavy (non-hydrogen) atoms. The summed E-state index contributed by atoms with van der Waals surface area (Å²) in [6.45, 7) is 4.12. The highest BCUT2D eigenvalue weighted by atomic mass is 32.1. The summed E-state index contributed by atoms with van der Waals surface area (Å²) in [7, 11) is 0. The van der Waals surface area contributed by atoms with E-state index < -0.39 is 6.10 Å². The van der Waals surface area contributed by atoms with E-state index in [0.717, 1.165) is 16.9 Å². The molecule has 0 fully saturated rings. The molecule has 94 valence electrons. The Morgan fingerprint density at radius 2 is 2.06 bits per heavy atom. The lowest BCUT2D eigenvalue weighted by Crippen LogP contribution is -2.18. The number of rotatable bonds is 1. The molecule has 1 aliphatic rings. The summed E-state index contributed by atoms with van der Waals surface area (Å²) in [5.74, 6) is 0.815. The third kappa shape index (κ3) is 2.04. The van der Waals surface area contributed by atoms with Crippen LogP contribution in [-0.2, 0) is 0 Å². The number of benzene rings is 1. The van der Waals surface area contributed by atoms with Crippen LogP contribution in [0.1, 0.15) is 39.5 Å². The fourth-order valence-electron chi connectivity index (χ4n) is 2.37. The molecule has 0 amide bonds. The quantitative estimate of drug-likeness (QED) is 0.842. The first-order valence-electron chi connectivity index (χ1n) is 6.15. The second kappa shape index (κ2) is 4.41. The van der Waals surface area contributed by atoms with Crippen LogP contribution in [-0.4, -0.2) is 5.11 Å². The molecule has 2 nitrogen and oxygen atoms in total. The van der Waals surface area contributed by atoms with Gasteiger partial charge in [-0.15, -0.1) is 11.3 Å². The molecule has 0 spiro atoms. The summed E-state index contributed by atoms with van der Waals surface area (Å²) in [6, 6.07) is 10.2. The zero-order valence-electron chi connectivity index (χ0n) is 10.5. The topological polar surface area (TPSA) is 29.5 Å². The van der Waals surface area contributed by atoms with Crippen LogP contribution in [0.15, 0.2) is 30.3 Å². The fraction of sp³-hybridized carbons (Fsp3) is 0.333. The van der Waals surface area contributed by atoms with E-state index in [-0.39, 0.29) is 6.10 Å². The molecule has 0 aliphatic carbocycles. The van der Waals surface area contributed by atoms with Gasteiger partial charge in [-0.05, 0) is 38.1 Å². The minimum atomic E-state index is -0.430. The second-order valence-electron chi connectivity index (χ2n) is 4.85. The van der Waals surface area contributed by atoms with Crippen molar-refractivity contribution in [2.24, 2.45) is 0 Å². The van der Waals surface area contributed by atoms with Gasteiger partial charge in [0.2, 0.25) is 0 Å². The normalized spacial score (nSPS) is 22.4. The molecule has 1 aliphatic heterocycles. The van der Waals surface area contributed by atoms with Crippen LogP contribution in [0.25, 0.3) is 0 Å². The Morgan fingerprint density at radius 1 is 1.22 bits per heavy atom. The Balaban J connectivity index is 1.94. The maximum Gasteiger partial charge on any atom is 0.136 e. The van der Waals surface area contributed by atoms with E-state index in [2.05, 4.69) is 19.1 Å². The van der Waals surface area contributed by atoms with Crippen molar-refractivity contribution in [3.05, 3.63) is 51.2 Å². The van der Waals surface area contributed by atoms with E-state index in [4.69, 9.17) is 4.74 Å². The first-order chi connectivity index (χ1) is 8.63. The monoisotopic (exact) mass is 260 g/mol. The van der Waals surface area contributed by atoms with Gasteiger partial charge in [0.05, 0.1) is 6.10 Å². The van der Waals surface area contributed by atoms with Gasteiger partial charge in [-0.2, -0.15) is 0 Å². The van der Waals surface area contributed by atoms with E-state index in [1.54, 1.807) is 11.3 Å². The third-order valence-electron chi connectivity index (χ3n) is 3.31. The van der Waals surface area contributed by atoms with Crippen molar-refractivity contribution in [1.82, 2.24) is 0 Å². The van der Waals surface area contributed by atoms with Crippen molar-refractivity contribution >= 4 is 11.3 Å². The average Bonchev–Trinajstić information content (AvgIpc) is 2.77. The largest absolute Gasteiger partial charge is 0.484 e. The summed E-state index contributed by atoms with van der Waals surface area (Å²) in [5.41, 5.74) is 2.07. The number of aryl methyl sites for hydroxylation is 2. The Hall–Kier alpha value is -1.32. The fourth-order valence-corrected chi connectivity index (χ4v) is 3.29. The Kier molecular flexibility index (Phi) is 2.88. The average molecular weight is 260 g/mol. The molecule has 1 N–H and O–H groups in total. The van der Waals surface area contributed by atoms with E-state index in [9.17, 15) is 5.11 Å². The first-order valence-corrected chi connectivity index (χ1v) is 6.97. The number of hydrogen-bond donors (Lipinski definition) is 1. The number of thiophene rings is 1. The molecule has 1 aromatic carbocycles. The standard InChI is InChI=1S/C15H16O2S/c1-9-3-5-13-11(7-9)12(16)8-14(17-13)15-6-4-10(2)18-15/h3-7,12,14,16H,8H2,1-2H3/t12-,14?/m1/s1. The molecule has 0 saturated heterocycles. The van der Waals surface area contributed by atoms with Gasteiger partial charge >= 0.3 is 0 Å². The van der Waals surface area contributed by atoms with Gasteiger partial charge < -0.3 is 9.84 Å². The minimum absolute atomic E-state index is 0.0195. The van der Waals surface area contributed by atoms with Gasteiger partial charge in [-0.1, -0.05) is 11.6 Å². The lowest BCUT2D eigenvalue weighted by molar-refractivity contribution is 0.0674. The van der Waals surface area contributed by atoms with E-state index >= 15 is 0 Å². The van der Waals surface area contributed by atoms with E-state index in [0.29, 0.717) is 6.42 Å². The lowest BCUT2D eigenvalue weighted by atomic mass is 9.97. The predicted molar refractivity (Wildman–Crippen MR) is 73.2 cm³/mol. The zero-order valence-corrected chi connectivity index (χ0v) is 11.3. The third-order valence-corrected chi connectivity index (χ3v) is 4.40. The Labute approximate surface area is 111 Å². The summed E-state index contributed by atoms with van der Waals surface area (Å²) in [5, 5.41) is 10.2. The van der Waals surface area contributed by atoms with Crippen molar-refractivity contribution in [2.75, 3.05) is 0 Å². The summed E-state index contributed by atoms with van der Waals surface area (Å²) >= 11 is 1.74. The molecule has 2 atom stereocenters. The molecular formula is C15H16O2S. The molecule has 1 aromatic heterocycles. The maximum absolute atomic E-state index is 10.2. The van der Waals surface area contributed by atoms with Crippen LogP contribution >= 0.6 is 11.3 Å². The van der Waals surface area contributed by atoms with Crippen LogP contribution in [0.2, 0.25) is 0 Å². The van der Waals surface area contributed by atoms with Crippen molar-refractivity contribution in [3.8, 4) is 5.75 Å². The predicted octanol–water partition coefficient (Wildman–Crippen LogP) is 3.92. The van der Waals surface area contributed by atoms with Crippen LogP contribution < -0.4 is 4.74 Å². The highest BCUT2D eigenvalue weighted by molar-refractivity contribution is 7.12. The second-order valence-corrected chi connectivity index (χ2v) is 6.17. The molecule has 0 bridgehead atoms. The van der Waals surface area contributed by atoms with Crippen LogP contribution in [0.3, 0.4) is 0 Å². The van der Waals surface area contributed by atoms with Crippen LogP contribution in [0.4, 0.5) is 0 Å². The number of aliphatic hydroxyl groups excluding tert-OH is 1.